The molecule has 0 aromatic carbocycles. The van der Waals surface area contributed by atoms with Gasteiger partial charge in [0.15, 0.2) is 6.61 Å². The van der Waals surface area contributed by atoms with Crippen LogP contribution in [-0.4, -0.2) is 69.6 Å². The number of hydrogen-bond acceptors (Lipinski definition) is 6. The molecule has 7 heteroatoms. The Hall–Kier alpha value is -1.47. The van der Waals surface area contributed by atoms with Gasteiger partial charge in [0.2, 0.25) is 0 Å². The smallest absolute Gasteiger partial charge is 0.306 e. The number of carbonyl (C=O) groups is 3. The second-order valence-electron chi connectivity index (χ2n) is 14.2. The van der Waals surface area contributed by atoms with E-state index in [0.29, 0.717) is 25.5 Å². The van der Waals surface area contributed by atoms with Gasteiger partial charge in [-0.2, -0.15) is 0 Å². The molecule has 1 heterocycles. The molecule has 1 saturated heterocycles. The number of rotatable bonds is 15. The lowest BCUT2D eigenvalue weighted by molar-refractivity contribution is -0.151. The van der Waals surface area contributed by atoms with E-state index >= 15 is 0 Å². The number of methoxy groups -OCH3 is 1. The molecule has 1 rings (SSSR count). The van der Waals surface area contributed by atoms with Crippen molar-refractivity contribution < 1.29 is 23.9 Å². The van der Waals surface area contributed by atoms with Crippen molar-refractivity contribution in [2.75, 3.05) is 40.4 Å². The van der Waals surface area contributed by atoms with Crippen molar-refractivity contribution in [3.05, 3.63) is 0 Å². The van der Waals surface area contributed by atoms with Crippen molar-refractivity contribution in [3.8, 4) is 0 Å². The van der Waals surface area contributed by atoms with Crippen LogP contribution in [0.3, 0.4) is 0 Å². The molecule has 1 N–H and O–H groups in total. The minimum atomic E-state index is -0.330. The van der Waals surface area contributed by atoms with Crippen LogP contribution in [0.4, 0.5) is 0 Å². The zero-order valence-electron chi connectivity index (χ0n) is 25.9. The second kappa shape index (κ2) is 15.8. The summed E-state index contributed by atoms with van der Waals surface area (Å²) in [6, 6.07) is 0. The highest BCUT2D eigenvalue weighted by atomic mass is 16.5. The molecule has 0 spiro atoms. The fourth-order valence-corrected chi connectivity index (χ4v) is 5.84. The molecule has 1 unspecified atom stereocenters. The number of likely N-dealkylation sites (N-methyl/N-ethyl adjacent to an activating group) is 1. The maximum atomic E-state index is 12.2. The van der Waals surface area contributed by atoms with E-state index in [1.54, 1.807) is 7.11 Å². The van der Waals surface area contributed by atoms with Gasteiger partial charge < -0.3 is 24.5 Å². The van der Waals surface area contributed by atoms with Crippen LogP contribution in [0.25, 0.3) is 0 Å². The number of hydrogen-bond donors (Lipinski definition) is 1. The van der Waals surface area contributed by atoms with Crippen LogP contribution in [0.15, 0.2) is 0 Å². The molecular formula is C30H58N2O5. The zero-order chi connectivity index (χ0) is 28.9. The highest BCUT2D eigenvalue weighted by Crippen LogP contribution is 2.39. The summed E-state index contributed by atoms with van der Waals surface area (Å²) < 4.78 is 10.4. The van der Waals surface area contributed by atoms with E-state index < -0.39 is 0 Å². The molecule has 0 radical (unpaired) electrons. The van der Waals surface area contributed by atoms with Gasteiger partial charge in [-0.3, -0.25) is 9.59 Å². The Balaban J connectivity index is 0.00000136. The molecule has 0 saturated carbocycles. The van der Waals surface area contributed by atoms with Crippen LogP contribution < -0.4 is 5.32 Å². The quantitative estimate of drug-likeness (QED) is 0.219. The fraction of sp³-hybridized carbons (Fsp3) is 0.900. The third kappa shape index (κ3) is 17.6. The van der Waals surface area contributed by atoms with E-state index in [1.165, 1.54) is 13.0 Å². The molecule has 0 aromatic rings. The number of likely N-dealkylation sites (tertiary alicyclic amines) is 1. The fourth-order valence-electron chi connectivity index (χ4n) is 5.84. The molecule has 1 atom stereocenters. The number of nitrogens with one attached hydrogen (secondary N) is 1. The molecular weight excluding hydrogens is 468 g/mol. The molecule has 1 aliphatic rings. The highest BCUT2D eigenvalue weighted by molar-refractivity contribution is 5.80. The number of nitrogens with zero attached hydrogens (tertiary/aromatic N) is 1. The van der Waals surface area contributed by atoms with Crippen molar-refractivity contribution in [2.24, 2.45) is 21.7 Å². The van der Waals surface area contributed by atoms with Crippen LogP contribution in [0, 0.1) is 21.7 Å². The summed E-state index contributed by atoms with van der Waals surface area (Å²) in [6.07, 6.45) is 7.42. The first kappa shape index (κ1) is 35.5. The van der Waals surface area contributed by atoms with Crippen LogP contribution in [0.1, 0.15) is 107 Å². The molecule has 7 nitrogen and oxygen atoms in total. The Labute approximate surface area is 227 Å². The van der Waals surface area contributed by atoms with Crippen molar-refractivity contribution in [2.45, 2.75) is 113 Å². The van der Waals surface area contributed by atoms with E-state index in [2.05, 4.69) is 79.6 Å². The predicted molar refractivity (Wildman–Crippen MR) is 151 cm³/mol. The van der Waals surface area contributed by atoms with Crippen LogP contribution >= 0.6 is 0 Å². The minimum Gasteiger partial charge on any atom is -0.456 e. The van der Waals surface area contributed by atoms with Crippen LogP contribution in [-0.2, 0) is 23.9 Å². The summed E-state index contributed by atoms with van der Waals surface area (Å²) in [5.74, 6) is -0.618. The normalized spacial score (nSPS) is 17.1. The molecule has 37 heavy (non-hydrogen) atoms. The summed E-state index contributed by atoms with van der Waals surface area (Å²) in [5, 5.41) is 2.86. The molecule has 1 aliphatic heterocycles. The summed E-state index contributed by atoms with van der Waals surface area (Å²) in [7, 11) is 3.91. The third-order valence-corrected chi connectivity index (χ3v) is 6.91. The summed E-state index contributed by atoms with van der Waals surface area (Å²) >= 11 is 0. The second-order valence-corrected chi connectivity index (χ2v) is 14.2. The number of carbonyl (C=O) groups excluding carboxylic acids is 3. The maximum Gasteiger partial charge on any atom is 0.306 e. The predicted octanol–water partition coefficient (Wildman–Crippen LogP) is 5.65. The first-order valence-electron chi connectivity index (χ1n) is 13.9. The lowest BCUT2D eigenvalue weighted by atomic mass is 9.71. The van der Waals surface area contributed by atoms with Crippen LogP contribution in [0.5, 0.6) is 0 Å². The van der Waals surface area contributed by atoms with E-state index in [9.17, 15) is 14.4 Å². The Kier molecular flexibility index (Phi) is 15.2. The number of ether oxygens (including phenoxy) is 2. The average molecular weight is 527 g/mol. The molecule has 1 amide bonds. The summed E-state index contributed by atoms with van der Waals surface area (Å²) in [4.78, 5) is 37.5. The number of aldehydes is 1. The lowest BCUT2D eigenvalue weighted by Crippen LogP contribution is -2.39. The van der Waals surface area contributed by atoms with Crippen molar-refractivity contribution in [3.63, 3.8) is 0 Å². The molecule has 0 aliphatic carbocycles. The SMILES string of the molecule is CCCC(C)(C)CC(C)(C)CC(=O)OCC(=O)NCC(C)(C)CC(C)(C)CC=O.COC1CCN(C)C1. The van der Waals surface area contributed by atoms with E-state index in [0.717, 1.165) is 38.5 Å². The Morgan fingerprint density at radius 3 is 2.03 bits per heavy atom. The standard InChI is InChI=1S/C24H45NO4.C6H13NO/c1-10-11-21(2,3)16-23(6,7)14-20(28)29-15-19(27)25-18-24(8,9)17-22(4,5)12-13-26;1-7-4-3-6(5-7)8-2/h13H,10-12,14-18H2,1-9H3,(H,25,27);6H,3-5H2,1-2H3. The van der Waals surface area contributed by atoms with Gasteiger partial charge in [-0.05, 0) is 54.4 Å². The molecule has 0 bridgehead atoms. The topological polar surface area (TPSA) is 84.9 Å². The number of esters is 1. The van der Waals surface area contributed by atoms with Crippen molar-refractivity contribution in [1.82, 2.24) is 10.2 Å². The van der Waals surface area contributed by atoms with E-state index in [-0.39, 0.29) is 40.1 Å². The monoisotopic (exact) mass is 526 g/mol. The average Bonchev–Trinajstić information content (AvgIpc) is 3.14. The summed E-state index contributed by atoms with van der Waals surface area (Å²) in [5.41, 5.74) is -0.254. The van der Waals surface area contributed by atoms with E-state index in [1.807, 2.05) is 0 Å². The number of amides is 1. The highest BCUT2D eigenvalue weighted by Gasteiger charge is 2.31. The third-order valence-electron chi connectivity index (χ3n) is 6.91. The van der Waals surface area contributed by atoms with Gasteiger partial charge in [-0.15, -0.1) is 0 Å². The largest absolute Gasteiger partial charge is 0.456 e. The molecule has 1 fully saturated rings. The first-order valence-corrected chi connectivity index (χ1v) is 13.9. The Bertz CT molecular complexity index is 700. The van der Waals surface area contributed by atoms with E-state index in [4.69, 9.17) is 9.47 Å². The van der Waals surface area contributed by atoms with Crippen LogP contribution in [0.2, 0.25) is 0 Å². The zero-order valence-corrected chi connectivity index (χ0v) is 25.9. The molecule has 218 valence electrons. The summed E-state index contributed by atoms with van der Waals surface area (Å²) in [6.45, 7) is 21.5. The Morgan fingerprint density at radius 1 is 0.973 bits per heavy atom. The van der Waals surface area contributed by atoms with Gasteiger partial charge in [-0.25, -0.2) is 0 Å². The minimum absolute atomic E-state index is 0.112. The van der Waals surface area contributed by atoms with Crippen molar-refractivity contribution >= 4 is 18.2 Å². The Morgan fingerprint density at radius 2 is 1.57 bits per heavy atom. The van der Waals surface area contributed by atoms with Gasteiger partial charge in [0.1, 0.15) is 6.29 Å². The van der Waals surface area contributed by atoms with Gasteiger partial charge in [0.25, 0.3) is 5.91 Å². The van der Waals surface area contributed by atoms with Gasteiger partial charge in [0, 0.05) is 33.2 Å². The maximum absolute atomic E-state index is 12.2. The van der Waals surface area contributed by atoms with Gasteiger partial charge >= 0.3 is 5.97 Å². The van der Waals surface area contributed by atoms with Gasteiger partial charge in [-0.1, -0.05) is 68.7 Å². The first-order chi connectivity index (χ1) is 16.9. The van der Waals surface area contributed by atoms with Crippen molar-refractivity contribution in [1.29, 1.82) is 0 Å². The molecule has 0 aromatic heterocycles. The van der Waals surface area contributed by atoms with Gasteiger partial charge in [0.05, 0.1) is 12.5 Å². The lowest BCUT2D eigenvalue weighted by Gasteiger charge is -2.34.